The molecule has 1 aliphatic carbocycles. The van der Waals surface area contributed by atoms with E-state index in [1.165, 1.54) is 32.1 Å². The molecule has 22 heavy (non-hydrogen) atoms. The third-order valence-corrected chi connectivity index (χ3v) is 4.30. The van der Waals surface area contributed by atoms with Crippen LogP contribution in [-0.4, -0.2) is 23.7 Å². The molecule has 0 heterocycles. The van der Waals surface area contributed by atoms with Gasteiger partial charge in [-0.2, -0.15) is 0 Å². The number of rotatable bonds is 13. The SMILES string of the molecule is O=C(CCC(=O)C1C=CC=C1)OCCCCCCCCCBr. The van der Waals surface area contributed by atoms with Crippen molar-refractivity contribution in [3.63, 3.8) is 0 Å². The lowest BCUT2D eigenvalue weighted by Gasteiger charge is -2.06. The Hall–Kier alpha value is -0.900. The summed E-state index contributed by atoms with van der Waals surface area (Å²) in [6.45, 7) is 0.484. The average molecular weight is 371 g/mol. The highest BCUT2D eigenvalue weighted by atomic mass is 79.9. The summed E-state index contributed by atoms with van der Waals surface area (Å²) >= 11 is 3.43. The van der Waals surface area contributed by atoms with Crippen molar-refractivity contribution in [1.82, 2.24) is 0 Å². The molecule has 0 aliphatic heterocycles. The van der Waals surface area contributed by atoms with E-state index in [0.29, 0.717) is 6.61 Å². The maximum atomic E-state index is 11.8. The van der Waals surface area contributed by atoms with Gasteiger partial charge in [0, 0.05) is 11.8 Å². The molecule has 4 heteroatoms. The fraction of sp³-hybridized carbons (Fsp3) is 0.667. The number of ketones is 1. The lowest BCUT2D eigenvalue weighted by Crippen LogP contribution is -2.13. The Labute approximate surface area is 142 Å². The molecule has 0 atom stereocenters. The Balaban J connectivity index is 1.90. The highest BCUT2D eigenvalue weighted by Gasteiger charge is 2.15. The predicted octanol–water partition coefficient (Wildman–Crippen LogP) is 4.75. The zero-order valence-electron chi connectivity index (χ0n) is 13.3. The minimum absolute atomic E-state index is 0.0884. The number of carbonyl (C=O) groups excluding carboxylic acids is 2. The lowest BCUT2D eigenvalue weighted by atomic mass is 10.0. The molecular formula is C18H27BrO3. The molecule has 124 valence electrons. The van der Waals surface area contributed by atoms with Gasteiger partial charge in [0.2, 0.25) is 0 Å². The molecule has 0 fully saturated rings. The number of hydrogen-bond acceptors (Lipinski definition) is 3. The first-order chi connectivity index (χ1) is 10.7. The zero-order chi connectivity index (χ0) is 16.0. The number of alkyl halides is 1. The fourth-order valence-corrected chi connectivity index (χ4v) is 2.77. The van der Waals surface area contributed by atoms with Crippen molar-refractivity contribution in [3.8, 4) is 0 Å². The largest absolute Gasteiger partial charge is 0.466 e. The van der Waals surface area contributed by atoms with E-state index in [-0.39, 0.29) is 30.5 Å². The minimum atomic E-state index is -0.253. The van der Waals surface area contributed by atoms with Gasteiger partial charge in [0.1, 0.15) is 5.78 Å². The van der Waals surface area contributed by atoms with Crippen LogP contribution < -0.4 is 0 Å². The second-order valence-corrected chi connectivity index (χ2v) is 6.44. The van der Waals surface area contributed by atoms with Gasteiger partial charge in [-0.1, -0.05) is 72.3 Å². The van der Waals surface area contributed by atoms with Crippen LogP contribution in [0.1, 0.15) is 57.8 Å². The standard InChI is InChI=1S/C18H27BrO3/c19-14-8-4-2-1-3-5-9-15-22-18(21)13-12-17(20)16-10-6-7-11-16/h6-7,10-11,16H,1-5,8-9,12-15H2. The van der Waals surface area contributed by atoms with Gasteiger partial charge in [-0.05, 0) is 12.8 Å². The van der Waals surface area contributed by atoms with Crippen LogP contribution in [0.5, 0.6) is 0 Å². The van der Waals surface area contributed by atoms with Gasteiger partial charge < -0.3 is 4.74 Å². The van der Waals surface area contributed by atoms with Crippen LogP contribution in [0.15, 0.2) is 24.3 Å². The molecular weight excluding hydrogens is 344 g/mol. The lowest BCUT2D eigenvalue weighted by molar-refractivity contribution is -0.145. The van der Waals surface area contributed by atoms with Crippen LogP contribution in [-0.2, 0) is 14.3 Å². The Kier molecular flexibility index (Phi) is 11.0. The summed E-state index contributed by atoms with van der Waals surface area (Å²) in [6.07, 6.45) is 16.2. The highest BCUT2D eigenvalue weighted by molar-refractivity contribution is 9.09. The second kappa shape index (κ2) is 12.6. The Bertz CT molecular complexity index is 376. The van der Waals surface area contributed by atoms with Gasteiger partial charge in [-0.15, -0.1) is 0 Å². The van der Waals surface area contributed by atoms with Crippen LogP contribution in [0.2, 0.25) is 0 Å². The number of Topliss-reactive ketones (excluding diaryl/α,β-unsaturated/α-hetero) is 1. The summed E-state index contributed by atoms with van der Waals surface area (Å²) in [4.78, 5) is 23.3. The number of allylic oxidation sites excluding steroid dienone is 4. The molecule has 0 aromatic heterocycles. The van der Waals surface area contributed by atoms with Gasteiger partial charge in [0.05, 0.1) is 18.9 Å². The topological polar surface area (TPSA) is 43.4 Å². The maximum Gasteiger partial charge on any atom is 0.306 e. The molecule has 0 aromatic carbocycles. The maximum absolute atomic E-state index is 11.8. The molecule has 0 saturated heterocycles. The van der Waals surface area contributed by atoms with Crippen molar-refractivity contribution in [2.45, 2.75) is 57.8 Å². The number of ether oxygens (including phenoxy) is 1. The summed E-state index contributed by atoms with van der Waals surface area (Å²) in [7, 11) is 0. The first-order valence-corrected chi connectivity index (χ1v) is 9.45. The number of esters is 1. The third-order valence-electron chi connectivity index (χ3n) is 3.74. The van der Waals surface area contributed by atoms with E-state index in [1.807, 2.05) is 24.3 Å². The normalized spacial score (nSPS) is 13.7. The Morgan fingerprint density at radius 2 is 1.45 bits per heavy atom. The fourth-order valence-electron chi connectivity index (χ4n) is 2.38. The first-order valence-electron chi connectivity index (χ1n) is 8.33. The van der Waals surface area contributed by atoms with Gasteiger partial charge in [-0.25, -0.2) is 0 Å². The summed E-state index contributed by atoms with van der Waals surface area (Å²) < 4.78 is 5.17. The predicted molar refractivity (Wildman–Crippen MR) is 93.1 cm³/mol. The molecule has 0 aromatic rings. The average Bonchev–Trinajstić information content (AvgIpc) is 3.05. The monoisotopic (exact) mass is 370 g/mol. The van der Waals surface area contributed by atoms with E-state index < -0.39 is 0 Å². The van der Waals surface area contributed by atoms with Crippen LogP contribution in [0.4, 0.5) is 0 Å². The summed E-state index contributed by atoms with van der Waals surface area (Å²) in [5.41, 5.74) is 0. The molecule has 1 aliphatic rings. The molecule has 0 radical (unpaired) electrons. The molecule has 0 N–H and O–H groups in total. The van der Waals surface area contributed by atoms with Crippen molar-refractivity contribution in [2.75, 3.05) is 11.9 Å². The van der Waals surface area contributed by atoms with Crippen molar-refractivity contribution in [2.24, 2.45) is 5.92 Å². The van der Waals surface area contributed by atoms with Crippen LogP contribution in [0.25, 0.3) is 0 Å². The van der Waals surface area contributed by atoms with E-state index >= 15 is 0 Å². The van der Waals surface area contributed by atoms with E-state index in [1.54, 1.807) is 0 Å². The van der Waals surface area contributed by atoms with Crippen LogP contribution in [0, 0.1) is 5.92 Å². The second-order valence-electron chi connectivity index (χ2n) is 5.65. The number of halogens is 1. The Morgan fingerprint density at radius 1 is 0.864 bits per heavy atom. The molecule has 0 unspecified atom stereocenters. The van der Waals surface area contributed by atoms with Crippen molar-refractivity contribution < 1.29 is 14.3 Å². The van der Waals surface area contributed by atoms with Crippen molar-refractivity contribution in [3.05, 3.63) is 24.3 Å². The molecule has 0 spiro atoms. The molecule has 0 bridgehead atoms. The van der Waals surface area contributed by atoms with E-state index in [0.717, 1.165) is 18.2 Å². The summed E-state index contributed by atoms with van der Waals surface area (Å²) in [6, 6.07) is 0. The molecule has 3 nitrogen and oxygen atoms in total. The highest BCUT2D eigenvalue weighted by Crippen LogP contribution is 2.13. The number of carbonyl (C=O) groups is 2. The molecule has 0 saturated carbocycles. The quantitative estimate of drug-likeness (QED) is 0.267. The van der Waals surface area contributed by atoms with Gasteiger partial charge in [0.15, 0.2) is 0 Å². The smallest absolute Gasteiger partial charge is 0.306 e. The minimum Gasteiger partial charge on any atom is -0.466 e. The number of unbranched alkanes of at least 4 members (excludes halogenated alkanes) is 6. The third kappa shape index (κ3) is 9.19. The zero-order valence-corrected chi connectivity index (χ0v) is 14.9. The Morgan fingerprint density at radius 3 is 2.09 bits per heavy atom. The summed E-state index contributed by atoms with van der Waals surface area (Å²) in [5.74, 6) is -0.306. The van der Waals surface area contributed by atoms with E-state index in [2.05, 4.69) is 15.9 Å². The van der Waals surface area contributed by atoms with E-state index in [4.69, 9.17) is 4.74 Å². The number of hydrogen-bond donors (Lipinski definition) is 0. The van der Waals surface area contributed by atoms with E-state index in [9.17, 15) is 9.59 Å². The van der Waals surface area contributed by atoms with Crippen molar-refractivity contribution in [1.29, 1.82) is 0 Å². The molecule has 0 amide bonds. The van der Waals surface area contributed by atoms with Crippen LogP contribution in [0.3, 0.4) is 0 Å². The van der Waals surface area contributed by atoms with Crippen molar-refractivity contribution >= 4 is 27.7 Å². The van der Waals surface area contributed by atoms with Gasteiger partial charge in [-0.3, -0.25) is 9.59 Å². The first kappa shape index (κ1) is 19.1. The van der Waals surface area contributed by atoms with Crippen LogP contribution >= 0.6 is 15.9 Å². The van der Waals surface area contributed by atoms with Gasteiger partial charge in [0.25, 0.3) is 0 Å². The van der Waals surface area contributed by atoms with Gasteiger partial charge >= 0.3 is 5.97 Å². The summed E-state index contributed by atoms with van der Waals surface area (Å²) in [5, 5.41) is 1.10. The molecule has 1 rings (SSSR count).